The molecule has 0 saturated carbocycles. The Morgan fingerprint density at radius 3 is 2.62 bits per heavy atom. The Bertz CT molecular complexity index is 940. The van der Waals surface area contributed by atoms with Crippen LogP contribution in [0, 0.1) is 12.8 Å². The van der Waals surface area contributed by atoms with E-state index in [1.165, 1.54) is 13.2 Å². The van der Waals surface area contributed by atoms with Crippen molar-refractivity contribution in [1.29, 1.82) is 0 Å². The highest BCUT2D eigenvalue weighted by Gasteiger charge is 2.28. The molecular weight excluding hydrogens is 376 g/mol. The summed E-state index contributed by atoms with van der Waals surface area (Å²) in [7, 11) is 1.29. The average molecular weight is 398 g/mol. The molecule has 0 atom stereocenters. The maximum Gasteiger partial charge on any atom is 0.340 e. The first-order valence-electron chi connectivity index (χ1n) is 9.42. The number of aryl methyl sites for hydroxylation is 1. The molecule has 0 radical (unpaired) electrons. The Labute approximate surface area is 168 Å². The molecule has 1 saturated heterocycles. The molecule has 0 bridgehead atoms. The zero-order valence-electron chi connectivity index (χ0n) is 16.3. The highest BCUT2D eigenvalue weighted by atomic mass is 16.7. The van der Waals surface area contributed by atoms with Gasteiger partial charge in [-0.3, -0.25) is 4.79 Å². The van der Waals surface area contributed by atoms with E-state index in [2.05, 4.69) is 20.2 Å². The molecule has 2 aliphatic rings. The maximum absolute atomic E-state index is 12.8. The van der Waals surface area contributed by atoms with Gasteiger partial charge in [0.25, 0.3) is 0 Å². The lowest BCUT2D eigenvalue weighted by Gasteiger charge is -2.31. The van der Waals surface area contributed by atoms with E-state index < -0.39 is 5.97 Å². The average Bonchev–Trinajstić information content (AvgIpc) is 3.20. The molecule has 1 aromatic heterocycles. The minimum atomic E-state index is -0.551. The van der Waals surface area contributed by atoms with Crippen molar-refractivity contribution in [2.45, 2.75) is 19.8 Å². The first kappa shape index (κ1) is 19.0. The number of ether oxygens (including phenoxy) is 3. The van der Waals surface area contributed by atoms with Gasteiger partial charge in [-0.2, -0.15) is 0 Å². The van der Waals surface area contributed by atoms with Crippen LogP contribution in [0.4, 0.5) is 11.6 Å². The van der Waals surface area contributed by atoms with E-state index >= 15 is 0 Å². The number of amides is 1. The topological polar surface area (TPSA) is 103 Å². The first-order valence-corrected chi connectivity index (χ1v) is 9.42. The number of esters is 1. The summed E-state index contributed by atoms with van der Waals surface area (Å²) in [5.41, 5.74) is 1.50. The minimum absolute atomic E-state index is 0.0762. The van der Waals surface area contributed by atoms with E-state index in [-0.39, 0.29) is 24.2 Å². The van der Waals surface area contributed by atoms with Crippen LogP contribution in [0.1, 0.15) is 28.9 Å². The van der Waals surface area contributed by atoms with Crippen molar-refractivity contribution < 1.29 is 23.8 Å². The number of nitrogens with one attached hydrogen (secondary N) is 1. The van der Waals surface area contributed by atoms with Gasteiger partial charge in [-0.05, 0) is 25.8 Å². The molecule has 29 heavy (non-hydrogen) atoms. The van der Waals surface area contributed by atoms with Crippen molar-refractivity contribution in [2.75, 3.05) is 37.2 Å². The quantitative estimate of drug-likeness (QED) is 0.782. The third-order valence-electron chi connectivity index (χ3n) is 5.11. The fourth-order valence-electron chi connectivity index (χ4n) is 3.49. The molecule has 3 heterocycles. The molecule has 0 unspecified atom stereocenters. The Balaban J connectivity index is 1.44. The second kappa shape index (κ2) is 7.94. The lowest BCUT2D eigenvalue weighted by Crippen LogP contribution is -2.39. The molecule has 2 aromatic rings. The molecule has 9 nitrogen and oxygen atoms in total. The van der Waals surface area contributed by atoms with E-state index in [9.17, 15) is 9.59 Å². The predicted octanol–water partition coefficient (Wildman–Crippen LogP) is 2.16. The van der Waals surface area contributed by atoms with Crippen LogP contribution < -0.4 is 19.7 Å². The number of aromatic nitrogens is 2. The summed E-state index contributed by atoms with van der Waals surface area (Å²) in [6, 6.07) is 4.98. The molecule has 4 rings (SSSR count). The number of methoxy groups -OCH3 is 1. The highest BCUT2D eigenvalue weighted by Crippen LogP contribution is 2.37. The number of piperidine rings is 1. The molecule has 1 N–H and O–H groups in total. The zero-order chi connectivity index (χ0) is 20.4. The molecule has 0 spiro atoms. The smallest absolute Gasteiger partial charge is 0.340 e. The number of hydrogen-bond acceptors (Lipinski definition) is 8. The number of rotatable bonds is 4. The Morgan fingerprint density at radius 1 is 1.21 bits per heavy atom. The third kappa shape index (κ3) is 3.94. The van der Waals surface area contributed by atoms with Gasteiger partial charge in [0.15, 0.2) is 11.5 Å². The summed E-state index contributed by atoms with van der Waals surface area (Å²) in [4.78, 5) is 35.8. The van der Waals surface area contributed by atoms with Crippen LogP contribution in [0.3, 0.4) is 0 Å². The Kier molecular flexibility index (Phi) is 5.20. The van der Waals surface area contributed by atoms with Crippen molar-refractivity contribution in [2.24, 2.45) is 5.92 Å². The van der Waals surface area contributed by atoms with Crippen LogP contribution in [-0.2, 0) is 9.53 Å². The summed E-state index contributed by atoms with van der Waals surface area (Å²) >= 11 is 0. The summed E-state index contributed by atoms with van der Waals surface area (Å²) in [6.45, 7) is 3.38. The summed E-state index contributed by atoms with van der Waals surface area (Å²) in [5, 5.41) is 2.86. The van der Waals surface area contributed by atoms with Crippen molar-refractivity contribution in [1.82, 2.24) is 9.97 Å². The van der Waals surface area contributed by atoms with Crippen LogP contribution in [0.2, 0.25) is 0 Å². The van der Waals surface area contributed by atoms with Crippen molar-refractivity contribution >= 4 is 23.5 Å². The van der Waals surface area contributed by atoms with Crippen LogP contribution in [-0.4, -0.2) is 48.8 Å². The van der Waals surface area contributed by atoms with Gasteiger partial charge in [-0.25, -0.2) is 14.8 Å². The van der Waals surface area contributed by atoms with Gasteiger partial charge >= 0.3 is 5.97 Å². The second-order valence-corrected chi connectivity index (χ2v) is 6.99. The van der Waals surface area contributed by atoms with Gasteiger partial charge in [-0.1, -0.05) is 0 Å². The number of anilines is 2. The van der Waals surface area contributed by atoms with Crippen LogP contribution >= 0.6 is 0 Å². The largest absolute Gasteiger partial charge is 0.465 e. The Morgan fingerprint density at radius 2 is 1.93 bits per heavy atom. The minimum Gasteiger partial charge on any atom is -0.465 e. The molecular formula is C20H22N4O5. The maximum atomic E-state index is 12.8. The monoisotopic (exact) mass is 398 g/mol. The highest BCUT2D eigenvalue weighted by molar-refractivity contribution is 6.02. The van der Waals surface area contributed by atoms with Gasteiger partial charge in [0.2, 0.25) is 18.6 Å². The zero-order valence-corrected chi connectivity index (χ0v) is 16.3. The molecule has 152 valence electrons. The van der Waals surface area contributed by atoms with E-state index in [4.69, 9.17) is 14.2 Å². The molecule has 9 heteroatoms. The standard InChI is InChI=1S/C20H22N4O5/c1-12-3-6-21-20(22-12)24-7-4-13(5-8-24)18(25)23-15-10-17-16(28-11-29-17)9-14(15)19(26)27-2/h3,6,9-10,13H,4-5,7-8,11H2,1-2H3,(H,23,25). The number of benzene rings is 1. The fraction of sp³-hybridized carbons (Fsp3) is 0.400. The summed E-state index contributed by atoms with van der Waals surface area (Å²) in [5.74, 6) is 0.762. The number of carbonyl (C=O) groups is 2. The van der Waals surface area contributed by atoms with Crippen LogP contribution in [0.25, 0.3) is 0 Å². The SMILES string of the molecule is COC(=O)c1cc2c(cc1NC(=O)C1CCN(c3nccc(C)n3)CC1)OCO2. The molecule has 0 aliphatic carbocycles. The predicted molar refractivity (Wildman–Crippen MR) is 104 cm³/mol. The van der Waals surface area contributed by atoms with Crippen molar-refractivity contribution in [3.63, 3.8) is 0 Å². The van der Waals surface area contributed by atoms with E-state index in [0.717, 1.165) is 5.69 Å². The second-order valence-electron chi connectivity index (χ2n) is 6.99. The number of nitrogens with zero attached hydrogens (tertiary/aromatic N) is 3. The van der Waals surface area contributed by atoms with Crippen LogP contribution in [0.15, 0.2) is 24.4 Å². The lowest BCUT2D eigenvalue weighted by molar-refractivity contribution is -0.120. The van der Waals surface area contributed by atoms with Crippen LogP contribution in [0.5, 0.6) is 11.5 Å². The number of carbonyl (C=O) groups excluding carboxylic acids is 2. The van der Waals surface area contributed by atoms with Crippen molar-refractivity contribution in [3.05, 3.63) is 35.7 Å². The number of hydrogen-bond donors (Lipinski definition) is 1. The fourth-order valence-corrected chi connectivity index (χ4v) is 3.49. The van der Waals surface area contributed by atoms with Gasteiger partial charge < -0.3 is 24.4 Å². The van der Waals surface area contributed by atoms with Gasteiger partial charge in [0, 0.05) is 43.0 Å². The Hall–Kier alpha value is -3.36. The summed E-state index contributed by atoms with van der Waals surface area (Å²) in [6.07, 6.45) is 3.08. The van der Waals surface area contributed by atoms with E-state index in [1.807, 2.05) is 13.0 Å². The van der Waals surface area contributed by atoms with Crippen molar-refractivity contribution in [3.8, 4) is 11.5 Å². The molecule has 1 fully saturated rings. The molecule has 1 amide bonds. The van der Waals surface area contributed by atoms with E-state index in [1.54, 1.807) is 12.3 Å². The molecule has 1 aromatic carbocycles. The van der Waals surface area contributed by atoms with E-state index in [0.29, 0.717) is 49.1 Å². The third-order valence-corrected chi connectivity index (χ3v) is 5.11. The number of fused-ring (bicyclic) bond motifs is 1. The normalized spacial score (nSPS) is 15.9. The molecule has 2 aliphatic heterocycles. The summed E-state index contributed by atoms with van der Waals surface area (Å²) < 4.78 is 15.5. The van der Waals surface area contributed by atoms with Gasteiger partial charge in [0.1, 0.15) is 0 Å². The first-order chi connectivity index (χ1) is 14.0. The lowest BCUT2D eigenvalue weighted by atomic mass is 9.95. The van der Waals surface area contributed by atoms with Gasteiger partial charge in [0.05, 0.1) is 18.4 Å². The van der Waals surface area contributed by atoms with Gasteiger partial charge in [-0.15, -0.1) is 0 Å².